The van der Waals surface area contributed by atoms with Crippen LogP contribution in [0.25, 0.3) is 0 Å². The zero-order chi connectivity index (χ0) is 21.1. The number of hydrogen-bond acceptors (Lipinski definition) is 6. The normalized spacial score (nSPS) is 29.2. The van der Waals surface area contributed by atoms with E-state index in [0.717, 1.165) is 23.4 Å². The molecule has 3 atom stereocenters. The molecule has 1 saturated carbocycles. The summed E-state index contributed by atoms with van der Waals surface area (Å²) < 4.78 is 16.3. The Morgan fingerprint density at radius 3 is 2.72 bits per heavy atom. The van der Waals surface area contributed by atoms with Gasteiger partial charge in [-0.1, -0.05) is 26.8 Å². The number of hydrogen-bond donors (Lipinski definition) is 2. The summed E-state index contributed by atoms with van der Waals surface area (Å²) in [5.74, 6) is -0.562. The summed E-state index contributed by atoms with van der Waals surface area (Å²) in [6.07, 6.45) is 4.44. The van der Waals surface area contributed by atoms with Crippen LogP contribution in [0.3, 0.4) is 0 Å². The van der Waals surface area contributed by atoms with Crippen LogP contribution in [0.2, 0.25) is 0 Å². The van der Waals surface area contributed by atoms with E-state index in [0.29, 0.717) is 37.0 Å². The topological polar surface area (TPSA) is 82.8 Å². The van der Waals surface area contributed by atoms with Crippen molar-refractivity contribution in [2.45, 2.75) is 71.6 Å². The van der Waals surface area contributed by atoms with Crippen LogP contribution in [0.5, 0.6) is 0 Å². The number of aryl methyl sites for hydroxylation is 1. The largest absolute Gasteiger partial charge is 0.431 e. The minimum absolute atomic E-state index is 0.267. The highest BCUT2D eigenvalue weighted by molar-refractivity contribution is 5.71. The molecular formula is C23H36N2O4. The fraction of sp³-hybridized carbons (Fsp3) is 0.696. The van der Waals surface area contributed by atoms with Crippen molar-refractivity contribution in [3.63, 3.8) is 0 Å². The fourth-order valence-corrected chi connectivity index (χ4v) is 4.79. The summed E-state index contributed by atoms with van der Waals surface area (Å²) in [4.78, 5) is 12.2. The molecule has 29 heavy (non-hydrogen) atoms. The maximum atomic E-state index is 12.2. The van der Waals surface area contributed by atoms with Crippen molar-refractivity contribution in [2.75, 3.05) is 30.9 Å². The second kappa shape index (κ2) is 8.92. The Kier molecular flexibility index (Phi) is 6.74. The number of rotatable bonds is 6. The van der Waals surface area contributed by atoms with E-state index in [1.807, 2.05) is 18.2 Å². The number of esters is 1. The van der Waals surface area contributed by atoms with Crippen molar-refractivity contribution in [1.82, 2.24) is 0 Å². The van der Waals surface area contributed by atoms with Crippen LogP contribution in [-0.4, -0.2) is 37.6 Å². The third kappa shape index (κ3) is 6.34. The lowest BCUT2D eigenvalue weighted by Crippen LogP contribution is -2.44. The molecule has 0 bridgehead atoms. The molecule has 6 heteroatoms. The Hall–Kier alpha value is -1.79. The Balaban J connectivity index is 1.52. The van der Waals surface area contributed by atoms with E-state index in [4.69, 9.17) is 19.9 Å². The van der Waals surface area contributed by atoms with Crippen LogP contribution in [0.4, 0.5) is 11.4 Å². The van der Waals surface area contributed by atoms with Gasteiger partial charge in [-0.2, -0.15) is 0 Å². The van der Waals surface area contributed by atoms with Crippen molar-refractivity contribution in [3.8, 4) is 0 Å². The molecule has 1 aromatic rings. The third-order valence-corrected chi connectivity index (χ3v) is 5.81. The summed E-state index contributed by atoms with van der Waals surface area (Å²) in [7, 11) is 0. The summed E-state index contributed by atoms with van der Waals surface area (Å²) in [6, 6.07) is 6.46. The van der Waals surface area contributed by atoms with E-state index in [1.165, 1.54) is 12.8 Å². The number of nitrogens with one attached hydrogen (secondary N) is 1. The van der Waals surface area contributed by atoms with Crippen molar-refractivity contribution >= 4 is 17.3 Å². The molecule has 2 fully saturated rings. The van der Waals surface area contributed by atoms with E-state index in [-0.39, 0.29) is 19.0 Å². The summed E-state index contributed by atoms with van der Waals surface area (Å²) in [6.45, 7) is 9.97. The van der Waals surface area contributed by atoms with Gasteiger partial charge < -0.3 is 25.3 Å². The SMILES string of the molecule is C[C@H]1C[C@@H](Nc2ccc(CCC(=O)OC3(C)COCCO3)cc2N)CC(C)(C)C1. The van der Waals surface area contributed by atoms with Crippen LogP contribution in [-0.2, 0) is 25.4 Å². The third-order valence-electron chi connectivity index (χ3n) is 5.81. The van der Waals surface area contributed by atoms with Crippen LogP contribution in [0.1, 0.15) is 58.9 Å². The molecule has 1 aromatic carbocycles. The van der Waals surface area contributed by atoms with Gasteiger partial charge in [0.2, 0.25) is 5.79 Å². The van der Waals surface area contributed by atoms with Gasteiger partial charge >= 0.3 is 5.97 Å². The Morgan fingerprint density at radius 2 is 2.07 bits per heavy atom. The predicted molar refractivity (Wildman–Crippen MR) is 115 cm³/mol. The fourth-order valence-electron chi connectivity index (χ4n) is 4.79. The summed E-state index contributed by atoms with van der Waals surface area (Å²) >= 11 is 0. The number of carbonyl (C=O) groups is 1. The average Bonchev–Trinajstić information content (AvgIpc) is 2.60. The van der Waals surface area contributed by atoms with Crippen molar-refractivity contribution in [1.29, 1.82) is 0 Å². The highest BCUT2D eigenvalue weighted by atomic mass is 16.7. The van der Waals surface area contributed by atoms with Crippen LogP contribution < -0.4 is 11.1 Å². The minimum Gasteiger partial charge on any atom is -0.431 e. The molecule has 0 spiro atoms. The van der Waals surface area contributed by atoms with Gasteiger partial charge in [0.15, 0.2) is 0 Å². The molecule has 0 aromatic heterocycles. The molecule has 1 aliphatic carbocycles. The molecule has 1 aliphatic heterocycles. The van der Waals surface area contributed by atoms with Crippen molar-refractivity contribution < 1.29 is 19.0 Å². The zero-order valence-electron chi connectivity index (χ0n) is 18.3. The Morgan fingerprint density at radius 1 is 1.28 bits per heavy atom. The van der Waals surface area contributed by atoms with Gasteiger partial charge in [-0.25, -0.2) is 0 Å². The number of carbonyl (C=O) groups excluding carboxylic acids is 1. The quantitative estimate of drug-likeness (QED) is 0.548. The molecule has 1 saturated heterocycles. The lowest BCUT2D eigenvalue weighted by molar-refractivity contribution is -0.271. The van der Waals surface area contributed by atoms with Crippen molar-refractivity contribution in [3.05, 3.63) is 23.8 Å². The highest BCUT2D eigenvalue weighted by Gasteiger charge is 2.33. The number of anilines is 2. The standard InChI is InChI=1S/C23H36N2O4/c1-16-11-18(14-22(2,3)13-16)25-20-7-5-17(12-19(20)24)6-8-21(26)29-23(4)15-27-9-10-28-23/h5,7,12,16,18,25H,6,8-11,13-15,24H2,1-4H3/t16-,18+,23?/m0/s1. The molecular weight excluding hydrogens is 368 g/mol. The molecule has 3 rings (SSSR count). The van der Waals surface area contributed by atoms with Gasteiger partial charge in [-0.15, -0.1) is 0 Å². The molecule has 0 radical (unpaired) electrons. The first-order chi connectivity index (χ1) is 13.6. The van der Waals surface area contributed by atoms with Gasteiger partial charge in [0.05, 0.1) is 24.6 Å². The number of nitrogen functional groups attached to an aromatic ring is 1. The maximum Gasteiger partial charge on any atom is 0.308 e. The monoisotopic (exact) mass is 404 g/mol. The lowest BCUT2D eigenvalue weighted by Gasteiger charge is -2.39. The Labute approximate surface area is 174 Å². The summed E-state index contributed by atoms with van der Waals surface area (Å²) in [5, 5.41) is 3.64. The molecule has 1 unspecified atom stereocenters. The molecule has 3 N–H and O–H groups in total. The van der Waals surface area contributed by atoms with Crippen LogP contribution in [0.15, 0.2) is 18.2 Å². The van der Waals surface area contributed by atoms with E-state index in [9.17, 15) is 4.79 Å². The molecule has 6 nitrogen and oxygen atoms in total. The first-order valence-electron chi connectivity index (χ1n) is 10.7. The van der Waals surface area contributed by atoms with Gasteiger partial charge in [0, 0.05) is 19.4 Å². The first-order valence-corrected chi connectivity index (χ1v) is 10.7. The predicted octanol–water partition coefficient (Wildman–Crippen LogP) is 4.13. The van der Waals surface area contributed by atoms with Gasteiger partial charge in [-0.05, 0) is 54.7 Å². The zero-order valence-corrected chi connectivity index (χ0v) is 18.3. The lowest BCUT2D eigenvalue weighted by atomic mass is 9.70. The minimum atomic E-state index is -0.979. The van der Waals surface area contributed by atoms with Crippen LogP contribution >= 0.6 is 0 Å². The number of benzene rings is 1. The first kappa shape index (κ1) is 21.9. The maximum absolute atomic E-state index is 12.2. The van der Waals surface area contributed by atoms with Crippen LogP contribution in [0, 0.1) is 11.3 Å². The van der Waals surface area contributed by atoms with Gasteiger partial charge in [0.1, 0.15) is 6.61 Å². The average molecular weight is 405 g/mol. The number of nitrogens with two attached hydrogens (primary N) is 1. The Bertz CT molecular complexity index is 713. The van der Waals surface area contributed by atoms with E-state index < -0.39 is 5.79 Å². The molecule has 0 amide bonds. The highest BCUT2D eigenvalue weighted by Crippen LogP contribution is 2.40. The smallest absolute Gasteiger partial charge is 0.308 e. The van der Waals surface area contributed by atoms with E-state index in [1.54, 1.807) is 6.92 Å². The second-order valence-corrected chi connectivity index (χ2v) is 9.69. The van der Waals surface area contributed by atoms with Gasteiger partial charge in [0.25, 0.3) is 0 Å². The summed E-state index contributed by atoms with van der Waals surface area (Å²) in [5.41, 5.74) is 9.38. The molecule has 2 aliphatic rings. The van der Waals surface area contributed by atoms with E-state index >= 15 is 0 Å². The second-order valence-electron chi connectivity index (χ2n) is 9.69. The molecule has 162 valence electrons. The number of ether oxygens (including phenoxy) is 3. The van der Waals surface area contributed by atoms with Crippen molar-refractivity contribution in [2.24, 2.45) is 11.3 Å². The van der Waals surface area contributed by atoms with Gasteiger partial charge in [-0.3, -0.25) is 4.79 Å². The molecule has 1 heterocycles. The van der Waals surface area contributed by atoms with E-state index in [2.05, 4.69) is 26.1 Å².